The van der Waals surface area contributed by atoms with E-state index in [1.165, 1.54) is 30.0 Å². The molecule has 0 bridgehead atoms. The SMILES string of the molecule is O=C(O)Cn1nc2ccc(SCC3=C(C(=O)O)N4C(=O)C(NC(=O)C(O)c5cccc(Cl)c5)[C@@H]4SC3)nn2c1=O. The highest BCUT2D eigenvalue weighted by Gasteiger charge is 2.54. The Labute approximate surface area is 237 Å². The van der Waals surface area contributed by atoms with Crippen molar-refractivity contribution >= 4 is 64.5 Å². The number of nitrogens with zero attached hydrogens (tertiary/aromatic N) is 5. The van der Waals surface area contributed by atoms with Crippen LogP contribution in [0.5, 0.6) is 0 Å². The average molecular weight is 607 g/mol. The largest absolute Gasteiger partial charge is 0.480 e. The third-order valence-electron chi connectivity index (χ3n) is 6.06. The molecular weight excluding hydrogens is 588 g/mol. The van der Waals surface area contributed by atoms with Crippen LogP contribution in [-0.2, 0) is 25.7 Å². The van der Waals surface area contributed by atoms with Gasteiger partial charge in [-0.2, -0.15) is 14.3 Å². The van der Waals surface area contributed by atoms with Crippen LogP contribution in [0.25, 0.3) is 5.65 Å². The van der Waals surface area contributed by atoms with Crippen LogP contribution < -0.4 is 11.0 Å². The molecule has 5 rings (SSSR count). The first-order valence-corrected chi connectivity index (χ1v) is 13.9. The first-order valence-electron chi connectivity index (χ1n) is 11.5. The zero-order chi connectivity index (χ0) is 28.7. The number of rotatable bonds is 9. The number of halogens is 1. The summed E-state index contributed by atoms with van der Waals surface area (Å²) in [6.45, 7) is -0.622. The second-order valence-electron chi connectivity index (χ2n) is 8.68. The summed E-state index contributed by atoms with van der Waals surface area (Å²) in [6.07, 6.45) is -1.57. The normalized spacial score (nSPS) is 19.2. The van der Waals surface area contributed by atoms with E-state index in [0.29, 0.717) is 15.6 Å². The van der Waals surface area contributed by atoms with Crippen LogP contribution in [0.15, 0.2) is 57.5 Å². The zero-order valence-electron chi connectivity index (χ0n) is 20.1. The molecule has 208 valence electrons. The molecule has 40 heavy (non-hydrogen) atoms. The molecule has 2 aliphatic heterocycles. The summed E-state index contributed by atoms with van der Waals surface area (Å²) < 4.78 is 1.72. The lowest BCUT2D eigenvalue weighted by atomic mass is 10.0. The molecule has 0 spiro atoms. The average Bonchev–Trinajstić information content (AvgIpc) is 3.22. The van der Waals surface area contributed by atoms with E-state index in [0.717, 1.165) is 25.9 Å². The van der Waals surface area contributed by atoms with Gasteiger partial charge in [0.2, 0.25) is 0 Å². The van der Waals surface area contributed by atoms with E-state index in [1.54, 1.807) is 18.2 Å². The van der Waals surface area contributed by atoms with Crippen LogP contribution in [0.1, 0.15) is 11.7 Å². The third kappa shape index (κ3) is 5.17. The minimum atomic E-state index is -1.57. The summed E-state index contributed by atoms with van der Waals surface area (Å²) in [7, 11) is 0. The van der Waals surface area contributed by atoms with E-state index in [9.17, 15) is 34.2 Å². The number of hydrogen-bond acceptors (Lipinski definition) is 10. The fourth-order valence-electron chi connectivity index (χ4n) is 4.22. The van der Waals surface area contributed by atoms with Crippen molar-refractivity contribution in [2.45, 2.75) is 29.1 Å². The number of thioether (sulfide) groups is 2. The van der Waals surface area contributed by atoms with Crippen LogP contribution in [0, 0.1) is 0 Å². The maximum atomic E-state index is 12.9. The lowest BCUT2D eigenvalue weighted by Crippen LogP contribution is -2.70. The van der Waals surface area contributed by atoms with Gasteiger partial charge in [-0.25, -0.2) is 9.59 Å². The summed E-state index contributed by atoms with van der Waals surface area (Å²) in [5.41, 5.74) is -0.0992. The molecule has 2 aliphatic rings. The highest BCUT2D eigenvalue weighted by Crippen LogP contribution is 2.41. The van der Waals surface area contributed by atoms with Gasteiger partial charge in [0.05, 0.1) is 0 Å². The molecule has 4 N–H and O–H groups in total. The van der Waals surface area contributed by atoms with Gasteiger partial charge in [0, 0.05) is 16.5 Å². The molecule has 1 fully saturated rings. The first-order chi connectivity index (χ1) is 19.0. The quantitative estimate of drug-likeness (QED) is 0.191. The lowest BCUT2D eigenvalue weighted by molar-refractivity contribution is -0.151. The van der Waals surface area contributed by atoms with Crippen molar-refractivity contribution < 1.29 is 34.5 Å². The molecule has 2 aromatic heterocycles. The molecule has 17 heteroatoms. The van der Waals surface area contributed by atoms with Gasteiger partial charge < -0.3 is 20.6 Å². The molecule has 4 heterocycles. The number of carboxylic acid groups (broad SMARTS) is 2. The molecule has 2 unspecified atom stereocenters. The number of aromatic nitrogens is 4. The molecular formula is C23H19ClN6O8S2. The number of amides is 2. The molecule has 2 amide bonds. The second-order valence-corrected chi connectivity index (χ2v) is 11.2. The smallest absolute Gasteiger partial charge is 0.367 e. The number of hydrogen-bond donors (Lipinski definition) is 4. The van der Waals surface area contributed by atoms with E-state index in [-0.39, 0.29) is 28.4 Å². The van der Waals surface area contributed by atoms with E-state index in [2.05, 4.69) is 15.5 Å². The van der Waals surface area contributed by atoms with Gasteiger partial charge in [-0.15, -0.1) is 28.6 Å². The molecule has 3 atom stereocenters. The Morgan fingerprint density at radius 3 is 2.65 bits per heavy atom. The summed E-state index contributed by atoms with van der Waals surface area (Å²) in [5.74, 6) is -3.61. The predicted molar refractivity (Wildman–Crippen MR) is 142 cm³/mol. The maximum Gasteiger partial charge on any atom is 0.367 e. The number of carbonyl (C=O) groups is 4. The number of carbonyl (C=O) groups excluding carboxylic acids is 2. The van der Waals surface area contributed by atoms with E-state index in [4.69, 9.17) is 16.7 Å². The first kappa shape index (κ1) is 27.7. The number of fused-ring (bicyclic) bond motifs is 2. The summed E-state index contributed by atoms with van der Waals surface area (Å²) in [4.78, 5) is 62.1. The van der Waals surface area contributed by atoms with Gasteiger partial charge in [0.15, 0.2) is 11.8 Å². The molecule has 0 radical (unpaired) electrons. The van der Waals surface area contributed by atoms with Gasteiger partial charge in [0.25, 0.3) is 11.8 Å². The third-order valence-corrected chi connectivity index (χ3v) is 8.64. The number of aliphatic hydroxyl groups excluding tert-OH is 1. The number of carboxylic acids is 2. The van der Waals surface area contributed by atoms with Crippen molar-refractivity contribution in [2.24, 2.45) is 0 Å². The monoisotopic (exact) mass is 606 g/mol. The van der Waals surface area contributed by atoms with E-state index in [1.807, 2.05) is 0 Å². The van der Waals surface area contributed by atoms with E-state index >= 15 is 0 Å². The molecule has 0 aliphatic carbocycles. The fourth-order valence-corrected chi connectivity index (χ4v) is 6.75. The standard InChI is InChI=1S/C23H19ClN6O8S2/c24-12-3-1-2-10(6-12)18(33)19(34)25-16-20(35)29-17(22(36)37)11(9-40-21(16)29)8-39-14-5-4-13-26-28(7-15(31)32)23(38)30(13)27-14/h1-6,16,18,21,33H,7-9H2,(H,25,34)(H,31,32)(H,36,37)/t16?,18?,21-/m0/s1. The van der Waals surface area contributed by atoms with Crippen molar-refractivity contribution in [2.75, 3.05) is 11.5 Å². The summed E-state index contributed by atoms with van der Waals surface area (Å²) >= 11 is 8.31. The predicted octanol–water partition coefficient (Wildman–Crippen LogP) is 0.193. The number of nitrogens with one attached hydrogen (secondary N) is 1. The van der Waals surface area contributed by atoms with Gasteiger partial charge >= 0.3 is 17.6 Å². The van der Waals surface area contributed by atoms with Crippen LogP contribution in [0.3, 0.4) is 0 Å². The molecule has 0 saturated carbocycles. The fraction of sp³-hybridized carbons (Fsp3) is 0.261. The Morgan fingerprint density at radius 2 is 1.95 bits per heavy atom. The highest BCUT2D eigenvalue weighted by atomic mass is 35.5. The molecule has 3 aromatic rings. The number of aliphatic hydroxyl groups is 1. The van der Waals surface area contributed by atoms with Gasteiger partial charge in [-0.3, -0.25) is 19.3 Å². The van der Waals surface area contributed by atoms with Crippen LogP contribution in [0.4, 0.5) is 0 Å². The van der Waals surface area contributed by atoms with Crippen molar-refractivity contribution in [1.82, 2.24) is 29.6 Å². The second kappa shape index (κ2) is 11.0. The van der Waals surface area contributed by atoms with Crippen LogP contribution in [-0.4, -0.2) is 86.3 Å². The Bertz CT molecular complexity index is 1660. The van der Waals surface area contributed by atoms with Gasteiger partial charge in [0.1, 0.15) is 28.7 Å². The van der Waals surface area contributed by atoms with E-state index < -0.39 is 53.5 Å². The minimum absolute atomic E-state index is 0.131. The number of aliphatic carboxylic acids is 2. The summed E-state index contributed by atoms with van der Waals surface area (Å²) in [5, 5.41) is 39.8. The Balaban J connectivity index is 1.29. The van der Waals surface area contributed by atoms with Crippen LogP contribution in [0.2, 0.25) is 5.02 Å². The Morgan fingerprint density at radius 1 is 1.18 bits per heavy atom. The number of benzene rings is 1. The van der Waals surface area contributed by atoms with Gasteiger partial charge in [-0.05, 0) is 35.4 Å². The summed E-state index contributed by atoms with van der Waals surface area (Å²) in [6, 6.07) is 8.12. The van der Waals surface area contributed by atoms with Crippen molar-refractivity contribution in [3.8, 4) is 0 Å². The van der Waals surface area contributed by atoms with Crippen molar-refractivity contribution in [3.63, 3.8) is 0 Å². The van der Waals surface area contributed by atoms with Gasteiger partial charge in [-0.1, -0.05) is 23.7 Å². The maximum absolute atomic E-state index is 12.9. The highest BCUT2D eigenvalue weighted by molar-refractivity contribution is 8.01. The minimum Gasteiger partial charge on any atom is -0.480 e. The zero-order valence-corrected chi connectivity index (χ0v) is 22.5. The molecule has 1 aromatic carbocycles. The Kier molecular flexibility index (Phi) is 7.59. The van der Waals surface area contributed by atoms with Crippen LogP contribution >= 0.6 is 35.1 Å². The molecule has 14 nitrogen and oxygen atoms in total. The van der Waals surface area contributed by atoms with Crippen molar-refractivity contribution in [1.29, 1.82) is 0 Å². The Hall–Kier alpha value is -3.86. The lowest BCUT2D eigenvalue weighted by Gasteiger charge is -2.49. The topological polar surface area (TPSA) is 196 Å². The number of β-lactam (4-membered cyclic amide) rings is 1. The van der Waals surface area contributed by atoms with Crippen molar-refractivity contribution in [3.05, 3.63) is 68.7 Å². The molecule has 1 saturated heterocycles.